The highest BCUT2D eigenvalue weighted by Crippen LogP contribution is 2.14. The van der Waals surface area contributed by atoms with Crippen LogP contribution in [-0.4, -0.2) is 55.4 Å². The topological polar surface area (TPSA) is 70.1 Å². The zero-order valence-corrected chi connectivity index (χ0v) is 13.9. The monoisotopic (exact) mass is 330 g/mol. The first kappa shape index (κ1) is 20.2. The Kier molecular flexibility index (Phi) is 9.21. The normalized spacial score (nSPS) is 10.0. The summed E-state index contributed by atoms with van der Waals surface area (Å²) in [5, 5.41) is 8.83. The number of ether oxygens (including phenoxy) is 1. The first-order valence-corrected chi connectivity index (χ1v) is 6.95. The van der Waals surface area contributed by atoms with Crippen molar-refractivity contribution in [1.29, 1.82) is 0 Å². The standard InChI is InChI=1S/C15H22N2O4.ClH/c1-4-17(5-2)10-11-21-15(20)16(3)13-8-6-12(7-9-13)14(18)19;/h6-9H,4-5,10-11H2,1-3H3,(H,18,19);1H. The molecule has 0 spiro atoms. The van der Waals surface area contributed by atoms with Gasteiger partial charge < -0.3 is 14.7 Å². The van der Waals surface area contributed by atoms with Crippen LogP contribution >= 0.6 is 12.4 Å². The molecule has 1 amide bonds. The average Bonchev–Trinajstić information content (AvgIpc) is 2.50. The second-order valence-electron chi connectivity index (χ2n) is 4.55. The summed E-state index contributed by atoms with van der Waals surface area (Å²) in [4.78, 5) is 26.2. The zero-order valence-electron chi connectivity index (χ0n) is 13.1. The third kappa shape index (κ3) is 5.91. The van der Waals surface area contributed by atoms with Gasteiger partial charge in [0.1, 0.15) is 6.61 Å². The summed E-state index contributed by atoms with van der Waals surface area (Å²) in [6.07, 6.45) is -0.453. The van der Waals surface area contributed by atoms with Crippen LogP contribution in [0.25, 0.3) is 0 Å². The number of benzene rings is 1. The lowest BCUT2D eigenvalue weighted by Gasteiger charge is -2.20. The number of carboxylic acids is 1. The number of carbonyl (C=O) groups excluding carboxylic acids is 1. The van der Waals surface area contributed by atoms with Crippen molar-refractivity contribution in [2.75, 3.05) is 38.2 Å². The average molecular weight is 331 g/mol. The van der Waals surface area contributed by atoms with Gasteiger partial charge in [-0.2, -0.15) is 0 Å². The maximum Gasteiger partial charge on any atom is 0.414 e. The molecule has 0 aliphatic carbocycles. The van der Waals surface area contributed by atoms with Crippen LogP contribution in [0.1, 0.15) is 24.2 Å². The van der Waals surface area contributed by atoms with Crippen LogP contribution in [0.2, 0.25) is 0 Å². The number of hydrogen-bond donors (Lipinski definition) is 1. The van der Waals surface area contributed by atoms with E-state index in [1.165, 1.54) is 17.0 Å². The van der Waals surface area contributed by atoms with Crippen LogP contribution in [0.3, 0.4) is 0 Å². The summed E-state index contributed by atoms with van der Waals surface area (Å²) >= 11 is 0. The SMILES string of the molecule is CCN(CC)CCOC(=O)N(C)c1ccc(C(=O)O)cc1.Cl. The van der Waals surface area contributed by atoms with Gasteiger partial charge >= 0.3 is 12.1 Å². The fraction of sp³-hybridized carbons (Fsp3) is 0.467. The summed E-state index contributed by atoms with van der Waals surface area (Å²) in [5.41, 5.74) is 0.773. The van der Waals surface area contributed by atoms with E-state index in [2.05, 4.69) is 18.7 Å². The molecule has 0 fully saturated rings. The molecule has 22 heavy (non-hydrogen) atoms. The van der Waals surface area contributed by atoms with Crippen molar-refractivity contribution in [3.05, 3.63) is 29.8 Å². The van der Waals surface area contributed by atoms with Gasteiger partial charge in [-0.05, 0) is 37.4 Å². The van der Waals surface area contributed by atoms with Gasteiger partial charge in [0.05, 0.1) is 5.56 Å². The van der Waals surface area contributed by atoms with Gasteiger partial charge in [-0.3, -0.25) is 4.90 Å². The van der Waals surface area contributed by atoms with Crippen molar-refractivity contribution >= 4 is 30.2 Å². The molecule has 0 aliphatic rings. The van der Waals surface area contributed by atoms with Crippen molar-refractivity contribution in [1.82, 2.24) is 4.90 Å². The summed E-state index contributed by atoms with van der Waals surface area (Å²) in [6, 6.07) is 6.07. The van der Waals surface area contributed by atoms with Gasteiger partial charge in [-0.15, -0.1) is 12.4 Å². The van der Waals surface area contributed by atoms with Gasteiger partial charge in [0, 0.05) is 19.3 Å². The highest BCUT2D eigenvalue weighted by molar-refractivity contribution is 5.90. The van der Waals surface area contributed by atoms with Crippen molar-refractivity contribution in [2.24, 2.45) is 0 Å². The van der Waals surface area contributed by atoms with E-state index in [9.17, 15) is 9.59 Å². The Morgan fingerprint density at radius 3 is 2.14 bits per heavy atom. The largest absolute Gasteiger partial charge is 0.478 e. The molecule has 0 aromatic heterocycles. The minimum absolute atomic E-state index is 0. The number of rotatable bonds is 7. The summed E-state index contributed by atoms with van der Waals surface area (Å²) < 4.78 is 5.20. The molecule has 1 aromatic carbocycles. The Labute approximate surface area is 137 Å². The fourth-order valence-corrected chi connectivity index (χ4v) is 1.83. The third-order valence-corrected chi connectivity index (χ3v) is 3.30. The summed E-state index contributed by atoms with van der Waals surface area (Å²) in [6.45, 7) is 6.98. The van der Waals surface area contributed by atoms with Crippen LogP contribution in [0, 0.1) is 0 Å². The minimum atomic E-state index is -0.994. The van der Waals surface area contributed by atoms with Crippen molar-refractivity contribution < 1.29 is 19.4 Å². The molecule has 7 heteroatoms. The van der Waals surface area contributed by atoms with Gasteiger partial charge in [-0.1, -0.05) is 13.8 Å². The maximum atomic E-state index is 11.9. The molecule has 0 saturated heterocycles. The lowest BCUT2D eigenvalue weighted by molar-refractivity contribution is 0.0697. The van der Waals surface area contributed by atoms with Crippen molar-refractivity contribution in [2.45, 2.75) is 13.8 Å². The number of amides is 1. The van der Waals surface area contributed by atoms with Crippen LogP contribution < -0.4 is 4.90 Å². The third-order valence-electron chi connectivity index (χ3n) is 3.30. The van der Waals surface area contributed by atoms with Crippen LogP contribution in [-0.2, 0) is 4.74 Å². The molecule has 0 unspecified atom stereocenters. The number of aromatic carboxylic acids is 1. The van der Waals surface area contributed by atoms with Gasteiger partial charge in [0.2, 0.25) is 0 Å². The molecule has 0 saturated carbocycles. The minimum Gasteiger partial charge on any atom is -0.478 e. The molecule has 1 aromatic rings. The number of nitrogens with zero attached hydrogens (tertiary/aromatic N) is 2. The number of likely N-dealkylation sites (N-methyl/N-ethyl adjacent to an activating group) is 1. The van der Waals surface area contributed by atoms with E-state index in [4.69, 9.17) is 9.84 Å². The molecule has 0 heterocycles. The predicted molar refractivity (Wildman–Crippen MR) is 88.2 cm³/mol. The van der Waals surface area contributed by atoms with E-state index in [1.54, 1.807) is 19.2 Å². The number of hydrogen-bond acceptors (Lipinski definition) is 4. The van der Waals surface area contributed by atoms with Gasteiger partial charge in [0.15, 0.2) is 0 Å². The highest BCUT2D eigenvalue weighted by atomic mass is 35.5. The Balaban J connectivity index is 0.00000441. The smallest absolute Gasteiger partial charge is 0.414 e. The molecule has 0 bridgehead atoms. The first-order chi connectivity index (χ1) is 9.99. The van der Waals surface area contributed by atoms with Crippen molar-refractivity contribution in [3.8, 4) is 0 Å². The van der Waals surface area contributed by atoms with Gasteiger partial charge in [0.25, 0.3) is 0 Å². The molecule has 1 N–H and O–H groups in total. The fourth-order valence-electron chi connectivity index (χ4n) is 1.83. The number of halogens is 1. The summed E-state index contributed by atoms with van der Waals surface area (Å²) in [7, 11) is 1.59. The molecular formula is C15H23ClN2O4. The molecular weight excluding hydrogens is 308 g/mol. The Morgan fingerprint density at radius 2 is 1.68 bits per heavy atom. The number of carbonyl (C=O) groups is 2. The van der Waals surface area contributed by atoms with Crippen LogP contribution in [0.15, 0.2) is 24.3 Å². The molecule has 0 radical (unpaired) electrons. The predicted octanol–water partition coefficient (Wildman–Crippen LogP) is 2.72. The molecule has 124 valence electrons. The van der Waals surface area contributed by atoms with E-state index in [0.717, 1.165) is 13.1 Å². The molecule has 0 aliphatic heterocycles. The maximum absolute atomic E-state index is 11.9. The van der Waals surface area contributed by atoms with E-state index >= 15 is 0 Å². The van der Waals surface area contributed by atoms with E-state index in [1.807, 2.05) is 0 Å². The lowest BCUT2D eigenvalue weighted by atomic mass is 10.2. The Morgan fingerprint density at radius 1 is 1.14 bits per heavy atom. The molecule has 6 nitrogen and oxygen atoms in total. The van der Waals surface area contributed by atoms with Crippen LogP contribution in [0.4, 0.5) is 10.5 Å². The lowest BCUT2D eigenvalue weighted by Crippen LogP contribution is -2.32. The van der Waals surface area contributed by atoms with E-state index < -0.39 is 12.1 Å². The first-order valence-electron chi connectivity index (χ1n) is 6.95. The van der Waals surface area contributed by atoms with E-state index in [0.29, 0.717) is 18.8 Å². The number of anilines is 1. The van der Waals surface area contributed by atoms with Crippen LogP contribution in [0.5, 0.6) is 0 Å². The quantitative estimate of drug-likeness (QED) is 0.832. The van der Waals surface area contributed by atoms with E-state index in [-0.39, 0.29) is 18.0 Å². The second-order valence-corrected chi connectivity index (χ2v) is 4.55. The molecule has 0 atom stereocenters. The molecule has 1 rings (SSSR count). The number of carboxylic acid groups (broad SMARTS) is 1. The zero-order chi connectivity index (χ0) is 15.8. The Hall–Kier alpha value is -1.79. The second kappa shape index (κ2) is 10.0. The van der Waals surface area contributed by atoms with Crippen molar-refractivity contribution in [3.63, 3.8) is 0 Å². The highest BCUT2D eigenvalue weighted by Gasteiger charge is 2.13. The summed E-state index contributed by atoms with van der Waals surface area (Å²) in [5.74, 6) is -0.994. The Bertz CT molecular complexity index is 475. The van der Waals surface area contributed by atoms with Gasteiger partial charge in [-0.25, -0.2) is 9.59 Å².